The Morgan fingerprint density at radius 3 is 2.58 bits per heavy atom. The van der Waals surface area contributed by atoms with Gasteiger partial charge in [0.2, 0.25) is 0 Å². The van der Waals surface area contributed by atoms with Gasteiger partial charge in [-0.3, -0.25) is 0 Å². The smallest absolute Gasteiger partial charge is 0.105 e. The number of nitrogens with two attached hydrogens (primary N) is 1. The van der Waals surface area contributed by atoms with Crippen molar-refractivity contribution < 1.29 is 4.74 Å². The van der Waals surface area contributed by atoms with Crippen LogP contribution in [0.4, 0.5) is 0 Å². The summed E-state index contributed by atoms with van der Waals surface area (Å²) >= 11 is 0. The summed E-state index contributed by atoms with van der Waals surface area (Å²) in [6, 6.07) is 10.0. The second-order valence-corrected chi connectivity index (χ2v) is 2.74. The second-order valence-electron chi connectivity index (χ2n) is 2.74. The molecule has 0 fully saturated rings. The van der Waals surface area contributed by atoms with E-state index < -0.39 is 0 Å². The third-order valence-electron chi connectivity index (χ3n) is 1.71. The van der Waals surface area contributed by atoms with Gasteiger partial charge in [0.25, 0.3) is 0 Å². The standard InChI is InChI=1S/C10H15NO/c1-2-10(11)12-8-9-6-4-3-5-7-9/h3-7,10H,2,8,11H2,1H3. The maximum absolute atomic E-state index is 5.60. The first-order chi connectivity index (χ1) is 5.83. The molecule has 1 unspecified atom stereocenters. The quantitative estimate of drug-likeness (QED) is 0.691. The third-order valence-corrected chi connectivity index (χ3v) is 1.71. The highest BCUT2D eigenvalue weighted by atomic mass is 16.5. The molecular weight excluding hydrogens is 150 g/mol. The molecule has 0 bridgehead atoms. The van der Waals surface area contributed by atoms with Crippen LogP contribution in [0.15, 0.2) is 30.3 Å². The van der Waals surface area contributed by atoms with Gasteiger partial charge in [-0.2, -0.15) is 0 Å². The van der Waals surface area contributed by atoms with Crippen molar-refractivity contribution in [3.8, 4) is 0 Å². The number of hydrogen-bond donors (Lipinski definition) is 1. The van der Waals surface area contributed by atoms with E-state index in [2.05, 4.69) is 0 Å². The minimum absolute atomic E-state index is 0.134. The molecule has 1 aromatic rings. The fourth-order valence-electron chi connectivity index (χ4n) is 0.895. The van der Waals surface area contributed by atoms with E-state index in [1.807, 2.05) is 37.3 Å². The molecule has 2 nitrogen and oxygen atoms in total. The summed E-state index contributed by atoms with van der Waals surface area (Å²) in [6.45, 7) is 2.62. The van der Waals surface area contributed by atoms with Gasteiger partial charge >= 0.3 is 0 Å². The number of rotatable bonds is 4. The van der Waals surface area contributed by atoms with E-state index in [1.165, 1.54) is 5.56 Å². The molecule has 12 heavy (non-hydrogen) atoms. The van der Waals surface area contributed by atoms with E-state index >= 15 is 0 Å². The van der Waals surface area contributed by atoms with Crippen LogP contribution in [0.25, 0.3) is 0 Å². The summed E-state index contributed by atoms with van der Waals surface area (Å²) in [6.07, 6.45) is 0.720. The average molecular weight is 165 g/mol. The molecule has 0 aliphatic rings. The predicted octanol–water partition coefficient (Wildman–Crippen LogP) is 1.90. The SMILES string of the molecule is CCC(N)OCc1ccccc1. The van der Waals surface area contributed by atoms with Crippen LogP contribution in [0.1, 0.15) is 18.9 Å². The normalized spacial score (nSPS) is 12.8. The fourth-order valence-corrected chi connectivity index (χ4v) is 0.895. The Balaban J connectivity index is 2.33. The highest BCUT2D eigenvalue weighted by Crippen LogP contribution is 2.02. The molecule has 2 heteroatoms. The van der Waals surface area contributed by atoms with E-state index in [-0.39, 0.29) is 6.23 Å². The molecule has 0 saturated carbocycles. The first-order valence-corrected chi connectivity index (χ1v) is 4.24. The summed E-state index contributed by atoms with van der Waals surface area (Å²) in [4.78, 5) is 0. The van der Waals surface area contributed by atoms with Gasteiger partial charge in [-0.25, -0.2) is 0 Å². The first kappa shape index (κ1) is 9.23. The Bertz CT molecular complexity index is 210. The molecule has 0 saturated heterocycles. The maximum Gasteiger partial charge on any atom is 0.105 e. The van der Waals surface area contributed by atoms with Crippen LogP contribution in [0.2, 0.25) is 0 Å². The molecular formula is C10H15NO. The lowest BCUT2D eigenvalue weighted by Gasteiger charge is -2.09. The van der Waals surface area contributed by atoms with Crippen molar-refractivity contribution >= 4 is 0 Å². The van der Waals surface area contributed by atoms with Crippen LogP contribution in [0, 0.1) is 0 Å². The van der Waals surface area contributed by atoms with E-state index in [1.54, 1.807) is 0 Å². The van der Waals surface area contributed by atoms with Crippen molar-refractivity contribution in [2.24, 2.45) is 5.73 Å². The number of benzene rings is 1. The Morgan fingerprint density at radius 1 is 1.33 bits per heavy atom. The van der Waals surface area contributed by atoms with E-state index in [0.29, 0.717) is 6.61 Å². The van der Waals surface area contributed by atoms with E-state index in [4.69, 9.17) is 10.5 Å². The van der Waals surface area contributed by atoms with Gasteiger partial charge in [0, 0.05) is 0 Å². The van der Waals surface area contributed by atoms with Crippen LogP contribution < -0.4 is 5.73 Å². The molecule has 2 N–H and O–H groups in total. The van der Waals surface area contributed by atoms with Crippen molar-refractivity contribution in [1.29, 1.82) is 0 Å². The minimum Gasteiger partial charge on any atom is -0.359 e. The molecule has 1 aromatic carbocycles. The lowest BCUT2D eigenvalue weighted by Crippen LogP contribution is -2.22. The highest BCUT2D eigenvalue weighted by molar-refractivity contribution is 5.13. The summed E-state index contributed by atoms with van der Waals surface area (Å²) < 4.78 is 5.35. The van der Waals surface area contributed by atoms with Crippen molar-refractivity contribution in [1.82, 2.24) is 0 Å². The third kappa shape index (κ3) is 3.03. The largest absolute Gasteiger partial charge is 0.359 e. The van der Waals surface area contributed by atoms with Gasteiger partial charge in [-0.15, -0.1) is 0 Å². The molecule has 0 aromatic heterocycles. The fraction of sp³-hybridized carbons (Fsp3) is 0.400. The van der Waals surface area contributed by atoms with Crippen LogP contribution in [0.3, 0.4) is 0 Å². The van der Waals surface area contributed by atoms with Crippen LogP contribution in [-0.4, -0.2) is 6.23 Å². The van der Waals surface area contributed by atoms with Crippen molar-refractivity contribution in [3.63, 3.8) is 0 Å². The van der Waals surface area contributed by atoms with Gasteiger partial charge in [-0.05, 0) is 12.0 Å². The van der Waals surface area contributed by atoms with Crippen molar-refractivity contribution in [3.05, 3.63) is 35.9 Å². The Morgan fingerprint density at radius 2 is 2.00 bits per heavy atom. The van der Waals surface area contributed by atoms with Gasteiger partial charge in [0.05, 0.1) is 6.61 Å². The zero-order valence-corrected chi connectivity index (χ0v) is 7.36. The van der Waals surface area contributed by atoms with Crippen LogP contribution >= 0.6 is 0 Å². The van der Waals surface area contributed by atoms with Crippen molar-refractivity contribution in [2.45, 2.75) is 26.2 Å². The molecule has 0 spiro atoms. The van der Waals surface area contributed by atoms with Gasteiger partial charge < -0.3 is 10.5 Å². The zero-order chi connectivity index (χ0) is 8.81. The molecule has 0 aliphatic carbocycles. The van der Waals surface area contributed by atoms with Crippen LogP contribution in [0.5, 0.6) is 0 Å². The molecule has 66 valence electrons. The minimum atomic E-state index is -0.134. The zero-order valence-electron chi connectivity index (χ0n) is 7.36. The Hall–Kier alpha value is -0.860. The van der Waals surface area contributed by atoms with E-state index in [9.17, 15) is 0 Å². The number of ether oxygens (including phenoxy) is 1. The van der Waals surface area contributed by atoms with Crippen molar-refractivity contribution in [2.75, 3.05) is 0 Å². The second kappa shape index (κ2) is 4.91. The van der Waals surface area contributed by atoms with Crippen LogP contribution in [-0.2, 0) is 11.3 Å². The lowest BCUT2D eigenvalue weighted by molar-refractivity contribution is 0.0426. The highest BCUT2D eigenvalue weighted by Gasteiger charge is 1.97. The summed E-state index contributed by atoms with van der Waals surface area (Å²) in [5.74, 6) is 0. The van der Waals surface area contributed by atoms with Gasteiger partial charge in [-0.1, -0.05) is 37.3 Å². The average Bonchev–Trinajstić information content (AvgIpc) is 2.16. The Labute approximate surface area is 73.3 Å². The predicted molar refractivity (Wildman–Crippen MR) is 49.5 cm³/mol. The molecule has 0 heterocycles. The summed E-state index contributed by atoms with van der Waals surface area (Å²) in [5, 5.41) is 0. The first-order valence-electron chi connectivity index (χ1n) is 4.24. The monoisotopic (exact) mass is 165 g/mol. The van der Waals surface area contributed by atoms with E-state index in [0.717, 1.165) is 6.42 Å². The molecule has 1 rings (SSSR count). The molecule has 0 amide bonds. The Kier molecular flexibility index (Phi) is 3.77. The molecule has 1 atom stereocenters. The molecule has 0 aliphatic heterocycles. The lowest BCUT2D eigenvalue weighted by atomic mass is 10.2. The maximum atomic E-state index is 5.60. The van der Waals surface area contributed by atoms with Gasteiger partial charge in [0.15, 0.2) is 0 Å². The topological polar surface area (TPSA) is 35.2 Å². The summed E-state index contributed by atoms with van der Waals surface area (Å²) in [7, 11) is 0. The molecule has 0 radical (unpaired) electrons. The summed E-state index contributed by atoms with van der Waals surface area (Å²) in [5.41, 5.74) is 6.77. The number of hydrogen-bond acceptors (Lipinski definition) is 2. The van der Waals surface area contributed by atoms with Gasteiger partial charge in [0.1, 0.15) is 6.23 Å².